The van der Waals surface area contributed by atoms with Crippen LogP contribution in [0, 0.1) is 5.82 Å². The van der Waals surface area contributed by atoms with Crippen molar-refractivity contribution in [2.45, 2.75) is 0 Å². The largest absolute Gasteiger partial charge is 0.496 e. The van der Waals surface area contributed by atoms with Gasteiger partial charge in [0.1, 0.15) is 17.1 Å². The minimum Gasteiger partial charge on any atom is -0.496 e. The SMILES string of the molecule is COc1cccc(F)c1C(=O)N(C)CCBr. The molecule has 0 spiro atoms. The number of carbonyl (C=O) groups excluding carboxylic acids is 1. The van der Waals surface area contributed by atoms with Crippen LogP contribution in [0.15, 0.2) is 18.2 Å². The second-order valence-electron chi connectivity index (χ2n) is 3.23. The summed E-state index contributed by atoms with van der Waals surface area (Å²) in [4.78, 5) is 13.4. The number of nitrogens with zero attached hydrogens (tertiary/aromatic N) is 1. The van der Waals surface area contributed by atoms with Crippen LogP contribution in [0.3, 0.4) is 0 Å². The number of alkyl halides is 1. The van der Waals surface area contributed by atoms with Crippen molar-refractivity contribution in [2.75, 3.05) is 26.0 Å². The monoisotopic (exact) mass is 289 g/mol. The molecule has 1 aromatic rings. The summed E-state index contributed by atoms with van der Waals surface area (Å²) < 4.78 is 18.5. The molecule has 0 unspecified atom stereocenters. The van der Waals surface area contributed by atoms with Gasteiger partial charge in [0.05, 0.1) is 7.11 Å². The topological polar surface area (TPSA) is 29.5 Å². The first-order valence-corrected chi connectivity index (χ1v) is 5.88. The van der Waals surface area contributed by atoms with Crippen LogP contribution >= 0.6 is 15.9 Å². The summed E-state index contributed by atoms with van der Waals surface area (Å²) in [6, 6.07) is 4.32. The molecule has 0 aliphatic carbocycles. The van der Waals surface area contributed by atoms with Crippen molar-refractivity contribution in [3.05, 3.63) is 29.6 Å². The van der Waals surface area contributed by atoms with E-state index in [1.54, 1.807) is 13.1 Å². The normalized spacial score (nSPS) is 10.0. The van der Waals surface area contributed by atoms with E-state index in [-0.39, 0.29) is 17.2 Å². The summed E-state index contributed by atoms with van der Waals surface area (Å²) in [5, 5.41) is 0.645. The smallest absolute Gasteiger partial charge is 0.260 e. The maximum Gasteiger partial charge on any atom is 0.260 e. The number of halogens is 2. The molecule has 1 aromatic carbocycles. The van der Waals surface area contributed by atoms with Crippen LogP contribution in [0.1, 0.15) is 10.4 Å². The molecule has 0 heterocycles. The Morgan fingerprint density at radius 1 is 1.56 bits per heavy atom. The zero-order valence-corrected chi connectivity index (χ0v) is 10.8. The predicted molar refractivity (Wildman–Crippen MR) is 63.7 cm³/mol. The first-order chi connectivity index (χ1) is 7.61. The van der Waals surface area contributed by atoms with E-state index in [0.717, 1.165) is 0 Å². The van der Waals surface area contributed by atoms with Crippen LogP contribution in [-0.4, -0.2) is 36.8 Å². The third kappa shape index (κ3) is 2.72. The highest BCUT2D eigenvalue weighted by Gasteiger charge is 2.20. The fourth-order valence-corrected chi connectivity index (χ4v) is 1.83. The van der Waals surface area contributed by atoms with E-state index in [2.05, 4.69) is 15.9 Å². The van der Waals surface area contributed by atoms with Gasteiger partial charge in [-0.1, -0.05) is 22.0 Å². The third-order valence-electron chi connectivity index (χ3n) is 2.18. The second kappa shape index (κ2) is 5.84. The van der Waals surface area contributed by atoms with Gasteiger partial charge in [-0.25, -0.2) is 4.39 Å². The molecule has 5 heteroatoms. The van der Waals surface area contributed by atoms with Gasteiger partial charge in [-0.05, 0) is 12.1 Å². The van der Waals surface area contributed by atoms with Gasteiger partial charge in [0.2, 0.25) is 0 Å². The maximum atomic E-state index is 13.5. The van der Waals surface area contributed by atoms with E-state index in [4.69, 9.17) is 4.74 Å². The molecule has 1 amide bonds. The number of ether oxygens (including phenoxy) is 1. The van der Waals surface area contributed by atoms with E-state index in [1.807, 2.05) is 0 Å². The van der Waals surface area contributed by atoms with E-state index in [0.29, 0.717) is 11.9 Å². The minimum atomic E-state index is -0.564. The van der Waals surface area contributed by atoms with Crippen LogP contribution in [0.2, 0.25) is 0 Å². The van der Waals surface area contributed by atoms with E-state index < -0.39 is 5.82 Å². The van der Waals surface area contributed by atoms with Crippen molar-refractivity contribution in [3.8, 4) is 5.75 Å². The molecular formula is C11H13BrFNO2. The van der Waals surface area contributed by atoms with Crippen molar-refractivity contribution in [2.24, 2.45) is 0 Å². The Balaban J connectivity index is 3.06. The first kappa shape index (κ1) is 13.0. The molecule has 0 aliphatic rings. The molecule has 16 heavy (non-hydrogen) atoms. The van der Waals surface area contributed by atoms with Crippen molar-refractivity contribution >= 4 is 21.8 Å². The molecule has 0 aliphatic heterocycles. The van der Waals surface area contributed by atoms with Crippen molar-refractivity contribution in [3.63, 3.8) is 0 Å². The third-order valence-corrected chi connectivity index (χ3v) is 2.53. The predicted octanol–water partition coefficient (Wildman–Crippen LogP) is 2.30. The number of hydrogen-bond acceptors (Lipinski definition) is 2. The van der Waals surface area contributed by atoms with E-state index in [9.17, 15) is 9.18 Å². The summed E-state index contributed by atoms with van der Waals surface area (Å²) >= 11 is 3.23. The summed E-state index contributed by atoms with van der Waals surface area (Å²) in [5.41, 5.74) is -0.0200. The minimum absolute atomic E-state index is 0.0200. The van der Waals surface area contributed by atoms with Crippen LogP contribution in [-0.2, 0) is 0 Å². The molecule has 0 atom stereocenters. The fraction of sp³-hybridized carbons (Fsp3) is 0.364. The Hall–Kier alpha value is -1.10. The quantitative estimate of drug-likeness (QED) is 0.796. The number of rotatable bonds is 4. The van der Waals surface area contributed by atoms with Crippen LogP contribution in [0.4, 0.5) is 4.39 Å². The number of carbonyl (C=O) groups is 1. The molecule has 0 saturated carbocycles. The van der Waals surface area contributed by atoms with Crippen LogP contribution in [0.5, 0.6) is 5.75 Å². The lowest BCUT2D eigenvalue weighted by atomic mass is 10.1. The van der Waals surface area contributed by atoms with Gasteiger partial charge in [-0.3, -0.25) is 4.79 Å². The van der Waals surface area contributed by atoms with Crippen LogP contribution < -0.4 is 4.74 Å². The van der Waals surface area contributed by atoms with Crippen molar-refractivity contribution < 1.29 is 13.9 Å². The molecular weight excluding hydrogens is 277 g/mol. The molecule has 88 valence electrons. The number of amides is 1. The van der Waals surface area contributed by atoms with Gasteiger partial charge in [-0.15, -0.1) is 0 Å². The fourth-order valence-electron chi connectivity index (χ4n) is 1.30. The Bertz CT molecular complexity index is 384. The van der Waals surface area contributed by atoms with Crippen molar-refractivity contribution in [1.82, 2.24) is 4.90 Å². The Morgan fingerprint density at radius 3 is 2.81 bits per heavy atom. The van der Waals surface area contributed by atoms with Gasteiger partial charge in [-0.2, -0.15) is 0 Å². The zero-order valence-electron chi connectivity index (χ0n) is 9.17. The van der Waals surface area contributed by atoms with E-state index in [1.165, 1.54) is 24.1 Å². The highest BCUT2D eigenvalue weighted by molar-refractivity contribution is 9.09. The summed E-state index contributed by atoms with van der Waals surface area (Å²) in [6.45, 7) is 0.510. The average Bonchev–Trinajstić information content (AvgIpc) is 2.28. The van der Waals surface area contributed by atoms with Crippen molar-refractivity contribution in [1.29, 1.82) is 0 Å². The highest BCUT2D eigenvalue weighted by Crippen LogP contribution is 2.22. The molecule has 0 radical (unpaired) electrons. The summed E-state index contributed by atoms with van der Waals surface area (Å²) in [6.07, 6.45) is 0. The lowest BCUT2D eigenvalue weighted by molar-refractivity contribution is 0.0796. The Kier molecular flexibility index (Phi) is 4.73. The van der Waals surface area contributed by atoms with Gasteiger partial charge in [0, 0.05) is 18.9 Å². The maximum absolute atomic E-state index is 13.5. The standard InChI is InChI=1S/C11H13BrFNO2/c1-14(7-6-12)11(15)10-8(13)4-3-5-9(10)16-2/h3-5H,6-7H2,1-2H3. The summed E-state index contributed by atoms with van der Waals surface area (Å²) in [7, 11) is 3.03. The Labute approximate surface area is 102 Å². The highest BCUT2D eigenvalue weighted by atomic mass is 79.9. The lowest BCUT2D eigenvalue weighted by Gasteiger charge is -2.17. The lowest BCUT2D eigenvalue weighted by Crippen LogP contribution is -2.29. The molecule has 0 aromatic heterocycles. The average molecular weight is 290 g/mol. The van der Waals surface area contributed by atoms with Gasteiger partial charge in [0.25, 0.3) is 5.91 Å². The molecule has 0 N–H and O–H groups in total. The number of benzene rings is 1. The molecule has 0 saturated heterocycles. The second-order valence-corrected chi connectivity index (χ2v) is 4.03. The molecule has 3 nitrogen and oxygen atoms in total. The van der Waals surface area contributed by atoms with Gasteiger partial charge in [0.15, 0.2) is 0 Å². The number of methoxy groups -OCH3 is 1. The number of hydrogen-bond donors (Lipinski definition) is 0. The van der Waals surface area contributed by atoms with Gasteiger partial charge < -0.3 is 9.64 Å². The van der Waals surface area contributed by atoms with Crippen LogP contribution in [0.25, 0.3) is 0 Å². The van der Waals surface area contributed by atoms with Gasteiger partial charge >= 0.3 is 0 Å². The zero-order chi connectivity index (χ0) is 12.1. The first-order valence-electron chi connectivity index (χ1n) is 4.75. The molecule has 1 rings (SSSR count). The Morgan fingerprint density at radius 2 is 2.25 bits per heavy atom. The van der Waals surface area contributed by atoms with E-state index >= 15 is 0 Å². The molecule has 0 bridgehead atoms. The molecule has 0 fully saturated rings. The summed E-state index contributed by atoms with van der Waals surface area (Å²) in [5.74, 6) is -0.688.